The van der Waals surface area contributed by atoms with Gasteiger partial charge in [-0.15, -0.1) is 0 Å². The molecule has 2 aliphatic heterocycles. The van der Waals surface area contributed by atoms with Gasteiger partial charge in [-0.1, -0.05) is 18.2 Å². The van der Waals surface area contributed by atoms with Crippen molar-refractivity contribution in [3.63, 3.8) is 0 Å². The topological polar surface area (TPSA) is 61.9 Å². The third kappa shape index (κ3) is 3.97. The number of nitrogens with one attached hydrogen (secondary N) is 1. The molecule has 3 rings (SSSR count). The fraction of sp³-hybridized carbons (Fsp3) is 0.647. The van der Waals surface area contributed by atoms with E-state index in [4.69, 9.17) is 4.74 Å². The Morgan fingerprint density at radius 1 is 1.17 bits per heavy atom. The van der Waals surface area contributed by atoms with E-state index >= 15 is 0 Å². The maximum absolute atomic E-state index is 13.0. The van der Waals surface area contributed by atoms with E-state index in [2.05, 4.69) is 24.1 Å². The van der Waals surface area contributed by atoms with Crippen molar-refractivity contribution in [2.45, 2.75) is 30.8 Å². The molecule has 0 amide bonds. The number of rotatable bonds is 4. The first-order chi connectivity index (χ1) is 11.4. The number of ether oxygens (including phenoxy) is 1. The summed E-state index contributed by atoms with van der Waals surface area (Å²) in [6.45, 7) is 9.55. The molecule has 134 valence electrons. The van der Waals surface area contributed by atoms with Crippen LogP contribution in [0.5, 0.6) is 0 Å². The Kier molecular flexibility index (Phi) is 5.27. The van der Waals surface area contributed by atoms with Crippen molar-refractivity contribution in [1.82, 2.24) is 14.5 Å². The summed E-state index contributed by atoms with van der Waals surface area (Å²) >= 11 is 0. The van der Waals surface area contributed by atoms with E-state index in [0.717, 1.165) is 25.2 Å². The van der Waals surface area contributed by atoms with Crippen molar-refractivity contribution in [3.8, 4) is 0 Å². The molecular weight excluding hydrogens is 326 g/mol. The number of piperazine rings is 1. The van der Waals surface area contributed by atoms with Gasteiger partial charge in [0.1, 0.15) is 0 Å². The highest BCUT2D eigenvalue weighted by Crippen LogP contribution is 2.23. The lowest BCUT2D eigenvalue weighted by atomic mass is 10.0. The zero-order chi connectivity index (χ0) is 17.2. The molecule has 2 fully saturated rings. The van der Waals surface area contributed by atoms with Gasteiger partial charge in [-0.25, -0.2) is 8.42 Å². The van der Waals surface area contributed by atoms with Gasteiger partial charge in [0.25, 0.3) is 0 Å². The largest absolute Gasteiger partial charge is 0.379 e. The Morgan fingerprint density at radius 2 is 1.88 bits per heavy atom. The minimum absolute atomic E-state index is 0.0519. The molecule has 0 bridgehead atoms. The van der Waals surface area contributed by atoms with Crippen molar-refractivity contribution >= 4 is 10.0 Å². The zero-order valence-corrected chi connectivity index (χ0v) is 15.3. The molecule has 2 heterocycles. The SMILES string of the molecule is CC1(C)CN(Cc2ccccc2S(=O)(=O)N2CCOCC2)CCN1. The number of benzene rings is 1. The number of sulfonamides is 1. The van der Waals surface area contributed by atoms with Crippen LogP contribution in [0.2, 0.25) is 0 Å². The first-order valence-electron chi connectivity index (χ1n) is 8.52. The number of nitrogens with zero attached hydrogens (tertiary/aromatic N) is 2. The van der Waals surface area contributed by atoms with E-state index in [9.17, 15) is 8.42 Å². The maximum Gasteiger partial charge on any atom is 0.243 e. The lowest BCUT2D eigenvalue weighted by Crippen LogP contribution is -2.56. The molecule has 0 unspecified atom stereocenters. The van der Waals surface area contributed by atoms with Crippen LogP contribution in [0.1, 0.15) is 19.4 Å². The predicted molar refractivity (Wildman–Crippen MR) is 93.4 cm³/mol. The van der Waals surface area contributed by atoms with Gasteiger partial charge in [0, 0.05) is 44.8 Å². The summed E-state index contributed by atoms with van der Waals surface area (Å²) in [6, 6.07) is 7.38. The molecule has 0 atom stereocenters. The minimum Gasteiger partial charge on any atom is -0.379 e. The van der Waals surface area contributed by atoms with E-state index in [1.54, 1.807) is 12.1 Å². The first-order valence-corrected chi connectivity index (χ1v) is 9.96. The summed E-state index contributed by atoms with van der Waals surface area (Å²) in [5.41, 5.74) is 0.928. The quantitative estimate of drug-likeness (QED) is 0.871. The van der Waals surface area contributed by atoms with Gasteiger partial charge in [-0.05, 0) is 25.5 Å². The lowest BCUT2D eigenvalue weighted by molar-refractivity contribution is 0.0729. The Bertz CT molecular complexity index is 669. The molecular formula is C17H27N3O3S. The summed E-state index contributed by atoms with van der Waals surface area (Å²) in [4.78, 5) is 2.76. The van der Waals surface area contributed by atoms with E-state index in [1.165, 1.54) is 4.31 Å². The fourth-order valence-electron chi connectivity index (χ4n) is 3.43. The second-order valence-corrected chi connectivity index (χ2v) is 9.05. The highest BCUT2D eigenvalue weighted by atomic mass is 32.2. The van der Waals surface area contributed by atoms with Crippen LogP contribution >= 0.6 is 0 Å². The summed E-state index contributed by atoms with van der Waals surface area (Å²) in [5, 5.41) is 3.49. The summed E-state index contributed by atoms with van der Waals surface area (Å²) in [5.74, 6) is 0. The van der Waals surface area contributed by atoms with Crippen LogP contribution in [-0.4, -0.2) is 69.1 Å². The van der Waals surface area contributed by atoms with Crippen LogP contribution < -0.4 is 5.32 Å². The van der Waals surface area contributed by atoms with Gasteiger partial charge in [0.15, 0.2) is 0 Å². The molecule has 2 saturated heterocycles. The van der Waals surface area contributed by atoms with E-state index in [0.29, 0.717) is 37.7 Å². The Morgan fingerprint density at radius 3 is 2.58 bits per heavy atom. The second-order valence-electron chi connectivity index (χ2n) is 7.15. The van der Waals surface area contributed by atoms with Crippen molar-refractivity contribution < 1.29 is 13.2 Å². The third-order valence-corrected chi connectivity index (χ3v) is 6.60. The number of hydrogen-bond donors (Lipinski definition) is 1. The van der Waals surface area contributed by atoms with E-state index < -0.39 is 10.0 Å². The minimum atomic E-state index is -3.46. The summed E-state index contributed by atoms with van der Waals surface area (Å²) in [7, 11) is -3.46. The lowest BCUT2D eigenvalue weighted by Gasteiger charge is -2.39. The second kappa shape index (κ2) is 7.09. The molecule has 7 heteroatoms. The number of hydrogen-bond acceptors (Lipinski definition) is 5. The first kappa shape index (κ1) is 17.8. The molecule has 0 saturated carbocycles. The molecule has 0 aliphatic carbocycles. The average molecular weight is 353 g/mol. The summed E-state index contributed by atoms with van der Waals surface area (Å²) in [6.07, 6.45) is 0. The van der Waals surface area contributed by atoms with Gasteiger partial charge in [0.2, 0.25) is 10.0 Å². The van der Waals surface area contributed by atoms with Gasteiger partial charge in [-0.2, -0.15) is 4.31 Å². The Balaban J connectivity index is 1.82. The number of morpholine rings is 1. The van der Waals surface area contributed by atoms with Gasteiger partial charge >= 0.3 is 0 Å². The molecule has 1 aromatic rings. The van der Waals surface area contributed by atoms with Crippen molar-refractivity contribution in [2.24, 2.45) is 0 Å². The fourth-order valence-corrected chi connectivity index (χ4v) is 5.06. The average Bonchev–Trinajstić information content (AvgIpc) is 2.55. The standard InChI is InChI=1S/C17H27N3O3S/c1-17(2)14-19(8-7-18-17)13-15-5-3-4-6-16(15)24(21,22)20-9-11-23-12-10-20/h3-6,18H,7-14H2,1-2H3. The van der Waals surface area contributed by atoms with Gasteiger partial charge < -0.3 is 10.1 Å². The Hall–Kier alpha value is -0.990. The maximum atomic E-state index is 13.0. The molecule has 0 radical (unpaired) electrons. The van der Waals surface area contributed by atoms with Crippen LogP contribution in [0, 0.1) is 0 Å². The molecule has 6 nitrogen and oxygen atoms in total. The van der Waals surface area contributed by atoms with Gasteiger partial charge in [-0.3, -0.25) is 4.90 Å². The molecule has 0 spiro atoms. The zero-order valence-electron chi connectivity index (χ0n) is 14.5. The normalized spacial score (nSPS) is 23.2. The molecule has 0 aromatic heterocycles. The van der Waals surface area contributed by atoms with Crippen LogP contribution in [-0.2, 0) is 21.3 Å². The van der Waals surface area contributed by atoms with Crippen LogP contribution in [0.15, 0.2) is 29.2 Å². The van der Waals surface area contributed by atoms with Crippen LogP contribution in [0.25, 0.3) is 0 Å². The molecule has 24 heavy (non-hydrogen) atoms. The third-order valence-electron chi connectivity index (χ3n) is 4.60. The highest BCUT2D eigenvalue weighted by Gasteiger charge is 2.30. The van der Waals surface area contributed by atoms with E-state index in [-0.39, 0.29) is 5.54 Å². The molecule has 1 aromatic carbocycles. The van der Waals surface area contributed by atoms with Crippen LogP contribution in [0.4, 0.5) is 0 Å². The van der Waals surface area contributed by atoms with Gasteiger partial charge in [0.05, 0.1) is 18.1 Å². The molecule has 2 aliphatic rings. The van der Waals surface area contributed by atoms with Crippen molar-refractivity contribution in [3.05, 3.63) is 29.8 Å². The van der Waals surface area contributed by atoms with Crippen molar-refractivity contribution in [2.75, 3.05) is 45.9 Å². The summed E-state index contributed by atoms with van der Waals surface area (Å²) < 4.78 is 32.9. The highest BCUT2D eigenvalue weighted by molar-refractivity contribution is 7.89. The smallest absolute Gasteiger partial charge is 0.243 e. The van der Waals surface area contributed by atoms with Crippen molar-refractivity contribution in [1.29, 1.82) is 0 Å². The van der Waals surface area contributed by atoms with E-state index in [1.807, 2.05) is 12.1 Å². The Labute approximate surface area is 144 Å². The molecule has 1 N–H and O–H groups in total. The predicted octanol–water partition coefficient (Wildman–Crippen LogP) is 0.891. The monoisotopic (exact) mass is 353 g/mol. The van der Waals surface area contributed by atoms with Crippen LogP contribution in [0.3, 0.4) is 0 Å².